The lowest BCUT2D eigenvalue weighted by molar-refractivity contribution is 1.13. The molecule has 0 radical (unpaired) electrons. The topological polar surface area (TPSA) is 42.1 Å². The van der Waals surface area contributed by atoms with Crippen molar-refractivity contribution < 1.29 is 0 Å². The first kappa shape index (κ1) is 57.5. The van der Waals surface area contributed by atoms with Crippen molar-refractivity contribution in [1.82, 2.24) is 19.1 Å². The number of aromatic nitrogens is 4. The molecule has 0 N–H and O–H groups in total. The fourth-order valence-corrected chi connectivity index (χ4v) is 14.9. The van der Waals surface area contributed by atoms with Crippen LogP contribution in [0.2, 0.25) is 0 Å². The summed E-state index contributed by atoms with van der Waals surface area (Å²) in [5.41, 5.74) is 24.1. The van der Waals surface area contributed by atoms with Crippen molar-refractivity contribution >= 4 is 88.2 Å². The maximum atomic E-state index is 4.43. The highest BCUT2D eigenvalue weighted by atomic mass is 15.2. The summed E-state index contributed by atoms with van der Waals surface area (Å²) in [7, 11) is 0. The van der Waals surface area contributed by atoms with Gasteiger partial charge in [0.15, 0.2) is 0 Å². The normalized spacial score (nSPS) is 11.5. The molecule has 18 rings (SSSR count). The van der Waals surface area contributed by atoms with Gasteiger partial charge in [-0.15, -0.1) is 0 Å². The molecule has 460 valence electrons. The van der Waals surface area contributed by atoms with Crippen LogP contribution in [0.4, 0.5) is 34.1 Å². The lowest BCUT2D eigenvalue weighted by Gasteiger charge is -2.30. The molecule has 98 heavy (non-hydrogen) atoms. The predicted octanol–water partition coefficient (Wildman–Crippen LogP) is 24.8. The molecule has 0 saturated heterocycles. The van der Waals surface area contributed by atoms with Crippen LogP contribution in [0.15, 0.2) is 377 Å². The van der Waals surface area contributed by atoms with Crippen molar-refractivity contribution in [2.45, 2.75) is 0 Å². The minimum absolute atomic E-state index is 1.02. The second-order valence-corrected chi connectivity index (χ2v) is 24.9. The Balaban J connectivity index is 0.909. The summed E-state index contributed by atoms with van der Waals surface area (Å²) < 4.78 is 4.93. The van der Waals surface area contributed by atoms with E-state index in [9.17, 15) is 0 Å². The molecule has 0 spiro atoms. The first-order valence-corrected chi connectivity index (χ1v) is 33.3. The van der Waals surface area contributed by atoms with E-state index in [1.807, 2.05) is 24.8 Å². The number of pyridine rings is 2. The van der Waals surface area contributed by atoms with Crippen molar-refractivity contribution in [1.29, 1.82) is 0 Å². The Labute approximate surface area is 568 Å². The van der Waals surface area contributed by atoms with Gasteiger partial charge in [0.25, 0.3) is 0 Å². The number of nitrogens with zero attached hydrogens (tertiary/aromatic N) is 6. The third-order valence-corrected chi connectivity index (χ3v) is 19.2. The summed E-state index contributed by atoms with van der Waals surface area (Å²) in [6, 6.07) is 129. The van der Waals surface area contributed by atoms with Gasteiger partial charge in [0.2, 0.25) is 0 Å². The zero-order chi connectivity index (χ0) is 64.9. The smallest absolute Gasteiger partial charge is 0.0619 e. The summed E-state index contributed by atoms with van der Waals surface area (Å²) in [4.78, 5) is 13.8. The number of para-hydroxylation sites is 2. The van der Waals surface area contributed by atoms with Gasteiger partial charge in [-0.25, -0.2) is 0 Å². The fourth-order valence-electron chi connectivity index (χ4n) is 14.9. The van der Waals surface area contributed by atoms with Gasteiger partial charge in [-0.2, -0.15) is 0 Å². The Morgan fingerprint density at radius 1 is 0.204 bits per heavy atom. The molecule has 0 fully saturated rings. The van der Waals surface area contributed by atoms with E-state index in [2.05, 4.69) is 381 Å². The minimum Gasteiger partial charge on any atom is -0.310 e. The molecule has 14 aromatic carbocycles. The van der Waals surface area contributed by atoms with E-state index in [1.54, 1.807) is 0 Å². The van der Waals surface area contributed by atoms with Crippen LogP contribution in [-0.2, 0) is 0 Å². The number of rotatable bonds is 14. The first-order chi connectivity index (χ1) is 48.7. The molecule has 0 saturated carbocycles. The van der Waals surface area contributed by atoms with Crippen LogP contribution in [0.5, 0.6) is 0 Å². The Kier molecular flexibility index (Phi) is 14.5. The highest BCUT2D eigenvalue weighted by Crippen LogP contribution is 2.52. The number of benzene rings is 14. The van der Waals surface area contributed by atoms with Gasteiger partial charge in [0, 0.05) is 91.6 Å². The van der Waals surface area contributed by atoms with Crippen molar-refractivity contribution in [3.8, 4) is 78.4 Å². The van der Waals surface area contributed by atoms with Crippen molar-refractivity contribution in [3.05, 3.63) is 377 Å². The summed E-state index contributed by atoms with van der Waals surface area (Å²) in [6.07, 6.45) is 7.50. The lowest BCUT2D eigenvalue weighted by atomic mass is 9.93. The van der Waals surface area contributed by atoms with Crippen LogP contribution >= 0.6 is 0 Å². The van der Waals surface area contributed by atoms with Crippen molar-refractivity contribution in [2.24, 2.45) is 0 Å². The molecular weight excluding hydrogens is 1190 g/mol. The molecule has 0 bridgehead atoms. The molecule has 0 aliphatic rings. The van der Waals surface area contributed by atoms with Crippen LogP contribution in [0.3, 0.4) is 0 Å². The van der Waals surface area contributed by atoms with Crippen LogP contribution in [0.1, 0.15) is 0 Å². The summed E-state index contributed by atoms with van der Waals surface area (Å²) >= 11 is 0. The molecule has 0 unspecified atom stereocenters. The number of hydrogen-bond acceptors (Lipinski definition) is 4. The minimum atomic E-state index is 1.02. The average Bonchev–Trinajstić information content (AvgIpc) is 1.11. The van der Waals surface area contributed by atoms with Crippen LogP contribution < -0.4 is 9.80 Å². The molecular formula is C92H62N6. The fraction of sp³-hybridized carbons (Fsp3) is 0. The Morgan fingerprint density at radius 2 is 0.520 bits per heavy atom. The van der Waals surface area contributed by atoms with E-state index >= 15 is 0 Å². The van der Waals surface area contributed by atoms with Crippen molar-refractivity contribution in [3.63, 3.8) is 0 Å². The Bertz CT molecular complexity index is 5590. The Hall–Kier alpha value is -13.2. The standard InChI is InChI=1S/C92H62N6/c1-7-25-65(26-8-1)89-81-47-45-75(59-85(81)97(71-35-15-5-16-36-71)91(89)67-29-11-3-12-30-67)95(73-39-23-33-69(57-73)63-49-53-93-54-50-63)87-61-83-78-42-20-22-44-80(78)88(62-84(83)77-41-19-21-43-79(77)87)96(74-40-24-34-70(58-74)64-51-55-94-56-52-64)76-46-48-82-86(60-76)98(72-37-17-6-18-38-72)92(68-31-13-4-14-32-68)90(82)66-27-9-2-10-28-66/h1-62H. The SMILES string of the molecule is c1ccc(-c2c(-c3ccccc3)n(-c3ccccc3)c3cc(N(c4cccc(-c5ccncc5)c4)c4cc5c6ccccc6c(N(c6cccc(-c7ccncc7)c6)c6ccc7c(-c8ccccc8)c(-c8ccccc8)n(-c8ccccc8)c7c6)cc5c5ccccc45)ccc23)cc1. The van der Waals surface area contributed by atoms with E-state index in [1.165, 1.54) is 11.1 Å². The molecule has 6 heteroatoms. The summed E-state index contributed by atoms with van der Waals surface area (Å²) in [5.74, 6) is 0. The summed E-state index contributed by atoms with van der Waals surface area (Å²) in [5, 5.41) is 9.08. The molecule has 6 nitrogen and oxygen atoms in total. The lowest BCUT2D eigenvalue weighted by Crippen LogP contribution is -2.12. The second kappa shape index (κ2) is 24.6. The first-order valence-electron chi connectivity index (χ1n) is 33.3. The van der Waals surface area contributed by atoms with Crippen molar-refractivity contribution in [2.75, 3.05) is 9.80 Å². The number of hydrogen-bond donors (Lipinski definition) is 0. The molecule has 0 atom stereocenters. The molecule has 4 aromatic heterocycles. The zero-order valence-electron chi connectivity index (χ0n) is 53.5. The Morgan fingerprint density at radius 3 is 0.898 bits per heavy atom. The van der Waals surface area contributed by atoms with E-state index in [0.29, 0.717) is 0 Å². The maximum Gasteiger partial charge on any atom is 0.0619 e. The van der Waals surface area contributed by atoms with Gasteiger partial charge in [-0.1, -0.05) is 243 Å². The number of fused-ring (bicyclic) bond motifs is 7. The van der Waals surface area contributed by atoms with Gasteiger partial charge in [-0.05, 0) is 175 Å². The molecule has 0 aliphatic heterocycles. The van der Waals surface area contributed by atoms with Gasteiger partial charge >= 0.3 is 0 Å². The van der Waals surface area contributed by atoms with E-state index in [-0.39, 0.29) is 0 Å². The van der Waals surface area contributed by atoms with Gasteiger partial charge < -0.3 is 18.9 Å². The second-order valence-electron chi connectivity index (χ2n) is 24.9. The van der Waals surface area contributed by atoms with E-state index < -0.39 is 0 Å². The van der Waals surface area contributed by atoms with E-state index in [0.717, 1.165) is 156 Å². The average molecular weight is 1250 g/mol. The third-order valence-electron chi connectivity index (χ3n) is 19.2. The molecule has 0 aliphatic carbocycles. The number of anilines is 6. The highest BCUT2D eigenvalue weighted by Gasteiger charge is 2.28. The van der Waals surface area contributed by atoms with Crippen LogP contribution in [0.25, 0.3) is 133 Å². The molecule has 0 amide bonds. The van der Waals surface area contributed by atoms with Crippen LogP contribution in [-0.4, -0.2) is 19.1 Å². The van der Waals surface area contributed by atoms with Gasteiger partial charge in [0.1, 0.15) is 0 Å². The van der Waals surface area contributed by atoms with Gasteiger partial charge in [0.05, 0.1) is 33.8 Å². The van der Waals surface area contributed by atoms with Crippen LogP contribution in [0, 0.1) is 0 Å². The maximum absolute atomic E-state index is 4.43. The summed E-state index contributed by atoms with van der Waals surface area (Å²) in [6.45, 7) is 0. The monoisotopic (exact) mass is 1250 g/mol. The van der Waals surface area contributed by atoms with E-state index in [4.69, 9.17) is 0 Å². The predicted molar refractivity (Wildman–Crippen MR) is 410 cm³/mol. The highest BCUT2D eigenvalue weighted by molar-refractivity contribution is 6.25. The quantitative estimate of drug-likeness (QED) is 0.102. The third kappa shape index (κ3) is 10.1. The van der Waals surface area contributed by atoms with Gasteiger partial charge in [-0.3, -0.25) is 9.97 Å². The largest absolute Gasteiger partial charge is 0.310 e. The molecule has 4 heterocycles. The molecule has 18 aromatic rings. The zero-order valence-corrected chi connectivity index (χ0v) is 53.5.